The van der Waals surface area contributed by atoms with Crippen LogP contribution in [0.3, 0.4) is 0 Å². The van der Waals surface area contributed by atoms with Crippen LogP contribution in [0.15, 0.2) is 18.2 Å². The quantitative estimate of drug-likeness (QED) is 0.842. The van der Waals surface area contributed by atoms with Gasteiger partial charge in [0.05, 0.1) is 6.04 Å². The zero-order valence-corrected chi connectivity index (χ0v) is 11.4. The third kappa shape index (κ3) is 3.10. The van der Waals surface area contributed by atoms with Crippen molar-refractivity contribution in [2.45, 2.75) is 39.7 Å². The molecule has 0 aromatic heterocycles. The van der Waals surface area contributed by atoms with Gasteiger partial charge in [-0.1, -0.05) is 24.6 Å². The van der Waals surface area contributed by atoms with Crippen LogP contribution >= 0.6 is 0 Å². The van der Waals surface area contributed by atoms with Gasteiger partial charge in [-0.3, -0.25) is 4.79 Å². The maximum absolute atomic E-state index is 12.2. The number of hydrogen-bond acceptors (Lipinski definition) is 2. The molecule has 1 saturated heterocycles. The number of hydrogen-bond donors (Lipinski definition) is 2. The number of carbonyl (C=O) groups excluding carboxylic acids is 1. The second kappa shape index (κ2) is 5.53. The molecule has 1 aliphatic rings. The Kier molecular flexibility index (Phi) is 4.02. The number of amides is 1. The van der Waals surface area contributed by atoms with Crippen LogP contribution in [0.4, 0.5) is 5.69 Å². The SMILES string of the molecule is Cc1ccc(NC(=O)C2CC(C)CCN2)c(C)c1. The van der Waals surface area contributed by atoms with Crippen molar-refractivity contribution in [3.8, 4) is 0 Å². The second-order valence-corrected chi connectivity index (χ2v) is 5.44. The van der Waals surface area contributed by atoms with Crippen LogP contribution in [0.2, 0.25) is 0 Å². The van der Waals surface area contributed by atoms with E-state index in [1.165, 1.54) is 5.56 Å². The fourth-order valence-corrected chi connectivity index (χ4v) is 2.48. The number of anilines is 1. The minimum atomic E-state index is -0.0468. The summed E-state index contributed by atoms with van der Waals surface area (Å²) in [6, 6.07) is 6.05. The van der Waals surface area contributed by atoms with E-state index >= 15 is 0 Å². The van der Waals surface area contributed by atoms with E-state index in [1.54, 1.807) is 0 Å². The monoisotopic (exact) mass is 246 g/mol. The Morgan fingerprint density at radius 1 is 1.39 bits per heavy atom. The highest BCUT2D eigenvalue weighted by Gasteiger charge is 2.24. The van der Waals surface area contributed by atoms with E-state index in [4.69, 9.17) is 0 Å². The summed E-state index contributed by atoms with van der Waals surface area (Å²) in [5, 5.41) is 6.31. The van der Waals surface area contributed by atoms with E-state index in [1.807, 2.05) is 19.1 Å². The molecule has 0 saturated carbocycles. The summed E-state index contributed by atoms with van der Waals surface area (Å²) < 4.78 is 0. The van der Waals surface area contributed by atoms with Gasteiger partial charge in [0.25, 0.3) is 0 Å². The van der Waals surface area contributed by atoms with Crippen molar-refractivity contribution in [2.24, 2.45) is 5.92 Å². The summed E-state index contributed by atoms with van der Waals surface area (Å²) in [7, 11) is 0. The van der Waals surface area contributed by atoms with Gasteiger partial charge in [0.15, 0.2) is 0 Å². The molecule has 2 unspecified atom stereocenters. The van der Waals surface area contributed by atoms with Gasteiger partial charge in [-0.2, -0.15) is 0 Å². The summed E-state index contributed by atoms with van der Waals surface area (Å²) >= 11 is 0. The Morgan fingerprint density at radius 3 is 2.83 bits per heavy atom. The normalized spacial score (nSPS) is 23.7. The summed E-state index contributed by atoms with van der Waals surface area (Å²) in [4.78, 5) is 12.2. The molecule has 3 nitrogen and oxygen atoms in total. The molecule has 0 radical (unpaired) electrons. The van der Waals surface area contributed by atoms with Crippen molar-refractivity contribution in [3.63, 3.8) is 0 Å². The molecule has 1 aromatic carbocycles. The Morgan fingerprint density at radius 2 is 2.17 bits per heavy atom. The molecular weight excluding hydrogens is 224 g/mol. The van der Waals surface area contributed by atoms with Gasteiger partial charge in [0, 0.05) is 5.69 Å². The smallest absolute Gasteiger partial charge is 0.241 e. The molecule has 18 heavy (non-hydrogen) atoms. The molecule has 1 amide bonds. The average molecular weight is 246 g/mol. The van der Waals surface area contributed by atoms with Crippen LogP contribution < -0.4 is 10.6 Å². The Labute approximate surface area is 109 Å². The number of carbonyl (C=O) groups is 1. The van der Waals surface area contributed by atoms with Gasteiger partial charge in [-0.25, -0.2) is 0 Å². The van der Waals surface area contributed by atoms with E-state index < -0.39 is 0 Å². The van der Waals surface area contributed by atoms with Crippen molar-refractivity contribution < 1.29 is 4.79 Å². The van der Waals surface area contributed by atoms with E-state index in [2.05, 4.69) is 30.5 Å². The van der Waals surface area contributed by atoms with Crippen LogP contribution in [0.25, 0.3) is 0 Å². The first-order chi connectivity index (χ1) is 8.56. The molecule has 1 fully saturated rings. The third-order valence-corrected chi connectivity index (χ3v) is 3.62. The van der Waals surface area contributed by atoms with Gasteiger partial charge in [-0.05, 0) is 50.8 Å². The lowest BCUT2D eigenvalue weighted by Crippen LogP contribution is -2.45. The Bertz CT molecular complexity index is 442. The van der Waals surface area contributed by atoms with Crippen LogP contribution in [0.5, 0.6) is 0 Å². The zero-order chi connectivity index (χ0) is 13.1. The molecule has 2 atom stereocenters. The van der Waals surface area contributed by atoms with Crippen LogP contribution in [-0.4, -0.2) is 18.5 Å². The minimum Gasteiger partial charge on any atom is -0.324 e. The molecule has 0 spiro atoms. The number of piperidine rings is 1. The molecule has 0 aliphatic carbocycles. The van der Waals surface area contributed by atoms with E-state index in [9.17, 15) is 4.79 Å². The van der Waals surface area contributed by atoms with Gasteiger partial charge in [0.2, 0.25) is 5.91 Å². The minimum absolute atomic E-state index is 0.0468. The number of nitrogens with one attached hydrogen (secondary N) is 2. The van der Waals surface area contributed by atoms with Crippen molar-refractivity contribution in [2.75, 3.05) is 11.9 Å². The highest BCUT2D eigenvalue weighted by Crippen LogP contribution is 2.19. The maximum Gasteiger partial charge on any atom is 0.241 e. The van der Waals surface area contributed by atoms with Crippen molar-refractivity contribution in [3.05, 3.63) is 29.3 Å². The van der Waals surface area contributed by atoms with Crippen LogP contribution in [0, 0.1) is 19.8 Å². The molecule has 2 N–H and O–H groups in total. The summed E-state index contributed by atoms with van der Waals surface area (Å²) in [5.74, 6) is 0.717. The van der Waals surface area contributed by atoms with Crippen LogP contribution in [0.1, 0.15) is 30.9 Å². The number of benzene rings is 1. The second-order valence-electron chi connectivity index (χ2n) is 5.44. The number of aryl methyl sites for hydroxylation is 2. The standard InChI is InChI=1S/C15H22N2O/c1-10-4-5-13(12(3)8-10)17-15(18)14-9-11(2)6-7-16-14/h4-5,8,11,14,16H,6-7,9H2,1-3H3,(H,17,18). The molecule has 0 bridgehead atoms. The summed E-state index contributed by atoms with van der Waals surface area (Å²) in [6.07, 6.45) is 2.09. The first-order valence-corrected chi connectivity index (χ1v) is 6.68. The Balaban J connectivity index is 2.02. The van der Waals surface area contributed by atoms with Crippen molar-refractivity contribution in [1.29, 1.82) is 0 Å². The molecular formula is C15H22N2O. The van der Waals surface area contributed by atoms with Crippen molar-refractivity contribution >= 4 is 11.6 Å². The van der Waals surface area contributed by atoms with Gasteiger partial charge in [-0.15, -0.1) is 0 Å². The molecule has 1 aliphatic heterocycles. The summed E-state index contributed by atoms with van der Waals surface area (Å²) in [5.41, 5.74) is 3.26. The number of rotatable bonds is 2. The molecule has 3 heteroatoms. The molecule has 1 aromatic rings. The molecule has 98 valence electrons. The van der Waals surface area contributed by atoms with E-state index in [-0.39, 0.29) is 11.9 Å². The van der Waals surface area contributed by atoms with E-state index in [0.29, 0.717) is 5.92 Å². The predicted octanol–water partition coefficient (Wildman–Crippen LogP) is 2.63. The highest BCUT2D eigenvalue weighted by atomic mass is 16.2. The lowest BCUT2D eigenvalue weighted by atomic mass is 9.94. The fourth-order valence-electron chi connectivity index (χ4n) is 2.48. The molecule has 2 rings (SSSR count). The third-order valence-electron chi connectivity index (χ3n) is 3.62. The summed E-state index contributed by atoms with van der Waals surface area (Å²) in [6.45, 7) is 7.23. The largest absolute Gasteiger partial charge is 0.324 e. The maximum atomic E-state index is 12.2. The highest BCUT2D eigenvalue weighted by molar-refractivity contribution is 5.95. The Hall–Kier alpha value is -1.35. The first kappa shape index (κ1) is 13.1. The zero-order valence-electron chi connectivity index (χ0n) is 11.4. The fraction of sp³-hybridized carbons (Fsp3) is 0.533. The first-order valence-electron chi connectivity index (χ1n) is 6.68. The topological polar surface area (TPSA) is 41.1 Å². The van der Waals surface area contributed by atoms with Crippen LogP contribution in [-0.2, 0) is 4.79 Å². The lowest BCUT2D eigenvalue weighted by molar-refractivity contribution is -0.119. The lowest BCUT2D eigenvalue weighted by Gasteiger charge is -2.27. The molecule has 1 heterocycles. The van der Waals surface area contributed by atoms with E-state index in [0.717, 1.165) is 30.6 Å². The van der Waals surface area contributed by atoms with Crippen molar-refractivity contribution in [1.82, 2.24) is 5.32 Å². The predicted molar refractivity (Wildman–Crippen MR) is 74.7 cm³/mol. The van der Waals surface area contributed by atoms with Gasteiger partial charge in [0.1, 0.15) is 0 Å². The van der Waals surface area contributed by atoms with Gasteiger partial charge < -0.3 is 10.6 Å². The average Bonchev–Trinajstić information content (AvgIpc) is 2.32. The van der Waals surface area contributed by atoms with Gasteiger partial charge >= 0.3 is 0 Å².